The van der Waals surface area contributed by atoms with Crippen LogP contribution in [0.3, 0.4) is 0 Å². The number of esters is 1. The molecule has 0 amide bonds. The van der Waals surface area contributed by atoms with Crippen molar-refractivity contribution in [2.45, 2.75) is 58.5 Å². The maximum atomic E-state index is 12.0. The summed E-state index contributed by atoms with van der Waals surface area (Å²) in [6.07, 6.45) is 4.81. The van der Waals surface area contributed by atoms with Crippen LogP contribution in [0.25, 0.3) is 0 Å². The van der Waals surface area contributed by atoms with Gasteiger partial charge in [-0.25, -0.2) is 0 Å². The molecule has 1 aromatic rings. The summed E-state index contributed by atoms with van der Waals surface area (Å²) in [5.74, 6) is 1.19. The first-order chi connectivity index (χ1) is 9.74. The number of hydrogen-bond donors (Lipinski definition) is 0. The van der Waals surface area contributed by atoms with Gasteiger partial charge in [-0.15, -0.1) is 0 Å². The van der Waals surface area contributed by atoms with Crippen LogP contribution in [0.4, 0.5) is 0 Å². The van der Waals surface area contributed by atoms with Gasteiger partial charge in [0.05, 0.1) is 13.2 Å². The number of nitrogens with zero attached hydrogens (tertiary/aromatic N) is 3. The van der Waals surface area contributed by atoms with E-state index in [4.69, 9.17) is 9.26 Å². The number of ether oxygens (including phenoxy) is 1. The second-order valence-electron chi connectivity index (χ2n) is 5.09. The van der Waals surface area contributed by atoms with E-state index >= 15 is 0 Å². The molecule has 0 saturated carbocycles. The minimum absolute atomic E-state index is 0.138. The second kappa shape index (κ2) is 7.38. The van der Waals surface area contributed by atoms with Gasteiger partial charge in [0.25, 0.3) is 0 Å². The number of rotatable bonds is 6. The van der Waals surface area contributed by atoms with Crippen LogP contribution in [-0.4, -0.2) is 40.2 Å². The van der Waals surface area contributed by atoms with E-state index in [0.717, 1.165) is 44.5 Å². The SMILES string of the molecule is CCCc1noc(CN2CCCCC2C(=O)OCC)n1. The van der Waals surface area contributed by atoms with E-state index in [1.807, 2.05) is 6.92 Å². The molecule has 1 atom stereocenters. The number of likely N-dealkylation sites (tertiary alicyclic amines) is 1. The monoisotopic (exact) mass is 281 g/mol. The Bertz CT molecular complexity index is 433. The van der Waals surface area contributed by atoms with Crippen molar-refractivity contribution in [3.05, 3.63) is 11.7 Å². The standard InChI is InChI=1S/C14H23N3O3/c1-3-7-12-15-13(20-16-12)10-17-9-6-5-8-11(17)14(18)19-4-2/h11H,3-10H2,1-2H3. The maximum Gasteiger partial charge on any atom is 0.323 e. The molecule has 112 valence electrons. The lowest BCUT2D eigenvalue weighted by molar-refractivity contribution is -0.151. The van der Waals surface area contributed by atoms with Gasteiger partial charge < -0.3 is 9.26 Å². The third-order valence-corrected chi connectivity index (χ3v) is 3.49. The van der Waals surface area contributed by atoms with Gasteiger partial charge in [-0.3, -0.25) is 9.69 Å². The summed E-state index contributed by atoms with van der Waals surface area (Å²) in [5.41, 5.74) is 0. The number of piperidine rings is 1. The van der Waals surface area contributed by atoms with Crippen molar-refractivity contribution in [1.82, 2.24) is 15.0 Å². The largest absolute Gasteiger partial charge is 0.465 e. The smallest absolute Gasteiger partial charge is 0.323 e. The third kappa shape index (κ3) is 3.79. The number of carbonyl (C=O) groups excluding carboxylic acids is 1. The van der Waals surface area contributed by atoms with Crippen molar-refractivity contribution in [3.63, 3.8) is 0 Å². The Morgan fingerprint density at radius 1 is 1.45 bits per heavy atom. The van der Waals surface area contributed by atoms with Crippen LogP contribution in [0.2, 0.25) is 0 Å². The summed E-state index contributed by atoms with van der Waals surface area (Å²) in [6.45, 7) is 5.73. The van der Waals surface area contributed by atoms with E-state index in [9.17, 15) is 4.79 Å². The quantitative estimate of drug-likeness (QED) is 0.742. The van der Waals surface area contributed by atoms with Crippen molar-refractivity contribution in [3.8, 4) is 0 Å². The topological polar surface area (TPSA) is 68.5 Å². The molecule has 1 saturated heterocycles. The summed E-state index contributed by atoms with van der Waals surface area (Å²) in [5, 5.41) is 3.95. The zero-order valence-corrected chi connectivity index (χ0v) is 12.3. The van der Waals surface area contributed by atoms with Gasteiger partial charge in [0.2, 0.25) is 5.89 Å². The summed E-state index contributed by atoms with van der Waals surface area (Å²) >= 11 is 0. The van der Waals surface area contributed by atoms with Crippen LogP contribution >= 0.6 is 0 Å². The predicted molar refractivity (Wildman–Crippen MR) is 73.0 cm³/mol. The lowest BCUT2D eigenvalue weighted by Crippen LogP contribution is -2.45. The lowest BCUT2D eigenvalue weighted by atomic mass is 10.0. The molecule has 1 aliphatic heterocycles. The highest BCUT2D eigenvalue weighted by Crippen LogP contribution is 2.20. The molecule has 1 aliphatic rings. The van der Waals surface area contributed by atoms with Crippen LogP contribution in [0.5, 0.6) is 0 Å². The number of aromatic nitrogens is 2. The van der Waals surface area contributed by atoms with Crippen molar-refractivity contribution in [2.75, 3.05) is 13.2 Å². The van der Waals surface area contributed by atoms with Crippen molar-refractivity contribution >= 4 is 5.97 Å². The first kappa shape index (κ1) is 15.0. The highest BCUT2D eigenvalue weighted by molar-refractivity contribution is 5.75. The summed E-state index contributed by atoms with van der Waals surface area (Å²) in [7, 11) is 0. The number of carbonyl (C=O) groups is 1. The first-order valence-electron chi connectivity index (χ1n) is 7.46. The predicted octanol–water partition coefficient (Wildman–Crippen LogP) is 1.94. The van der Waals surface area contributed by atoms with Crippen LogP contribution in [0.1, 0.15) is 51.2 Å². The normalized spacial score (nSPS) is 20.0. The van der Waals surface area contributed by atoms with Crippen LogP contribution in [0.15, 0.2) is 4.52 Å². The molecule has 1 aromatic heterocycles. The Kier molecular flexibility index (Phi) is 5.52. The summed E-state index contributed by atoms with van der Waals surface area (Å²) < 4.78 is 10.4. The molecule has 1 unspecified atom stereocenters. The second-order valence-corrected chi connectivity index (χ2v) is 5.09. The van der Waals surface area contributed by atoms with Crippen LogP contribution < -0.4 is 0 Å². The highest BCUT2D eigenvalue weighted by Gasteiger charge is 2.30. The zero-order valence-electron chi connectivity index (χ0n) is 12.3. The fraction of sp³-hybridized carbons (Fsp3) is 0.786. The lowest BCUT2D eigenvalue weighted by Gasteiger charge is -2.32. The molecule has 0 bridgehead atoms. The zero-order chi connectivity index (χ0) is 14.4. The van der Waals surface area contributed by atoms with Crippen LogP contribution in [-0.2, 0) is 22.5 Å². The Hall–Kier alpha value is -1.43. The Morgan fingerprint density at radius 3 is 3.05 bits per heavy atom. The van der Waals surface area contributed by atoms with E-state index in [1.54, 1.807) is 0 Å². The Morgan fingerprint density at radius 2 is 2.30 bits per heavy atom. The average Bonchev–Trinajstić information content (AvgIpc) is 2.87. The molecule has 2 heterocycles. The minimum atomic E-state index is -0.176. The van der Waals surface area contributed by atoms with Gasteiger partial charge in [0.15, 0.2) is 5.82 Å². The molecule has 6 heteroatoms. The molecule has 1 fully saturated rings. The number of aryl methyl sites for hydroxylation is 1. The fourth-order valence-corrected chi connectivity index (χ4v) is 2.54. The molecular formula is C14H23N3O3. The molecule has 20 heavy (non-hydrogen) atoms. The van der Waals surface area contributed by atoms with Gasteiger partial charge in [-0.05, 0) is 32.7 Å². The molecule has 0 aliphatic carbocycles. The molecule has 0 spiro atoms. The Balaban J connectivity index is 1.98. The molecule has 0 N–H and O–H groups in total. The van der Waals surface area contributed by atoms with Gasteiger partial charge in [-0.2, -0.15) is 4.98 Å². The van der Waals surface area contributed by atoms with E-state index in [0.29, 0.717) is 19.0 Å². The molecular weight excluding hydrogens is 258 g/mol. The van der Waals surface area contributed by atoms with Gasteiger partial charge in [0, 0.05) is 6.42 Å². The third-order valence-electron chi connectivity index (χ3n) is 3.49. The van der Waals surface area contributed by atoms with Gasteiger partial charge >= 0.3 is 5.97 Å². The molecule has 6 nitrogen and oxygen atoms in total. The van der Waals surface area contributed by atoms with Gasteiger partial charge in [0.1, 0.15) is 6.04 Å². The van der Waals surface area contributed by atoms with Crippen molar-refractivity contribution in [2.24, 2.45) is 0 Å². The average molecular weight is 281 g/mol. The van der Waals surface area contributed by atoms with E-state index in [2.05, 4.69) is 22.0 Å². The van der Waals surface area contributed by atoms with E-state index in [-0.39, 0.29) is 12.0 Å². The summed E-state index contributed by atoms with van der Waals surface area (Å²) in [4.78, 5) is 18.4. The highest BCUT2D eigenvalue weighted by atomic mass is 16.5. The molecule has 0 aromatic carbocycles. The molecule has 0 radical (unpaired) electrons. The number of hydrogen-bond acceptors (Lipinski definition) is 6. The Labute approximate surface area is 119 Å². The van der Waals surface area contributed by atoms with Crippen LogP contribution in [0, 0.1) is 0 Å². The van der Waals surface area contributed by atoms with E-state index in [1.165, 1.54) is 0 Å². The maximum absolute atomic E-state index is 12.0. The van der Waals surface area contributed by atoms with Gasteiger partial charge in [-0.1, -0.05) is 18.5 Å². The van der Waals surface area contributed by atoms with E-state index < -0.39 is 0 Å². The first-order valence-corrected chi connectivity index (χ1v) is 7.46. The fourth-order valence-electron chi connectivity index (χ4n) is 2.54. The molecule has 2 rings (SSSR count). The van der Waals surface area contributed by atoms with Crippen molar-refractivity contribution < 1.29 is 14.1 Å². The van der Waals surface area contributed by atoms with Crippen molar-refractivity contribution in [1.29, 1.82) is 0 Å². The minimum Gasteiger partial charge on any atom is -0.465 e. The summed E-state index contributed by atoms with van der Waals surface area (Å²) in [6, 6.07) is -0.176.